The number of allylic oxidation sites excluding steroid dienone is 1. The number of aliphatic imine (C=N–C) groups is 1. The average Bonchev–Trinajstić information content (AvgIpc) is 3.82. The van der Waals surface area contributed by atoms with Crippen LogP contribution in [0.15, 0.2) is 64.5 Å². The summed E-state index contributed by atoms with van der Waals surface area (Å²) in [6, 6.07) is 12.6. The molecule has 10 heteroatoms. The molecule has 50 heavy (non-hydrogen) atoms. The first-order chi connectivity index (χ1) is 24.4. The topological polar surface area (TPSA) is 81.7 Å². The van der Waals surface area contributed by atoms with Gasteiger partial charge in [0.05, 0.1) is 5.54 Å². The molecule has 2 aromatic rings. The van der Waals surface area contributed by atoms with Gasteiger partial charge in [-0.3, -0.25) is 9.69 Å². The van der Waals surface area contributed by atoms with E-state index in [9.17, 15) is 0 Å². The molecule has 9 nitrogen and oxygen atoms in total. The number of benzene rings is 2. The number of fused-ring (bicyclic) bond motifs is 4. The van der Waals surface area contributed by atoms with Crippen molar-refractivity contribution in [1.82, 2.24) is 20.4 Å². The van der Waals surface area contributed by atoms with Gasteiger partial charge in [-0.15, -0.1) is 0 Å². The van der Waals surface area contributed by atoms with Crippen molar-refractivity contribution in [2.75, 3.05) is 72.0 Å². The molecule has 5 aliphatic rings. The highest BCUT2D eigenvalue weighted by Crippen LogP contribution is 2.40. The van der Waals surface area contributed by atoms with E-state index < -0.39 is 0 Å². The van der Waals surface area contributed by atoms with Crippen LogP contribution in [0.1, 0.15) is 71.6 Å². The number of likely N-dealkylation sites (tertiary alicyclic amines) is 1. The molecule has 0 radical (unpaired) electrons. The van der Waals surface area contributed by atoms with Crippen LogP contribution in [0.4, 0.5) is 10.1 Å². The molecule has 2 bridgehead atoms. The number of carbonyl (C=O) groups is 1. The largest absolute Gasteiger partial charge is 0.476 e. The van der Waals surface area contributed by atoms with Crippen LogP contribution in [-0.2, 0) is 14.3 Å². The molecule has 4 saturated heterocycles. The second-order valence-corrected chi connectivity index (χ2v) is 14.4. The Morgan fingerprint density at radius 2 is 1.74 bits per heavy atom. The molecule has 4 fully saturated rings. The fraction of sp³-hybridized carbons (Fsp3) is 0.600. The second kappa shape index (κ2) is 18.1. The molecular weight excluding hydrogens is 631 g/mol. The highest BCUT2D eigenvalue weighted by molar-refractivity contribution is 6.01. The van der Waals surface area contributed by atoms with Crippen molar-refractivity contribution in [2.24, 2.45) is 4.99 Å². The first-order valence-electron chi connectivity index (χ1n) is 18.7. The summed E-state index contributed by atoms with van der Waals surface area (Å²) in [6.45, 7) is 11.2. The summed E-state index contributed by atoms with van der Waals surface area (Å²) in [5.41, 5.74) is 3.83. The molecule has 2 N–H and O–H groups in total. The minimum Gasteiger partial charge on any atom is -0.476 e. The van der Waals surface area contributed by atoms with E-state index >= 15 is 4.39 Å². The van der Waals surface area contributed by atoms with Crippen LogP contribution < -0.4 is 15.5 Å². The van der Waals surface area contributed by atoms with E-state index in [2.05, 4.69) is 56.1 Å². The van der Waals surface area contributed by atoms with E-state index in [1.807, 2.05) is 18.2 Å². The number of piperazine rings is 1. The second-order valence-electron chi connectivity index (χ2n) is 14.4. The lowest BCUT2D eigenvalue weighted by atomic mass is 9.95. The Bertz CT molecular complexity index is 1500. The van der Waals surface area contributed by atoms with Gasteiger partial charge < -0.3 is 29.9 Å². The Morgan fingerprint density at radius 1 is 1.08 bits per heavy atom. The normalized spacial score (nSPS) is 23.2. The van der Waals surface area contributed by atoms with Gasteiger partial charge in [0.2, 0.25) is 12.3 Å². The van der Waals surface area contributed by atoms with Crippen LogP contribution in [0.5, 0.6) is 0 Å². The number of anilines is 1. The summed E-state index contributed by atoms with van der Waals surface area (Å²) in [5, 5.41) is 7.73. The van der Waals surface area contributed by atoms with Crippen LogP contribution in [0.2, 0.25) is 0 Å². The third kappa shape index (κ3) is 8.87. The Kier molecular flexibility index (Phi) is 13.7. The van der Waals surface area contributed by atoms with E-state index in [1.54, 1.807) is 33.4 Å². The van der Waals surface area contributed by atoms with E-state index in [4.69, 9.17) is 14.5 Å². The van der Waals surface area contributed by atoms with E-state index in [0.717, 1.165) is 80.2 Å². The predicted octanol–water partition coefficient (Wildman–Crippen LogP) is 6.25. The lowest BCUT2D eigenvalue weighted by molar-refractivity contribution is -0.109. The van der Waals surface area contributed by atoms with Gasteiger partial charge in [0.1, 0.15) is 18.3 Å². The summed E-state index contributed by atoms with van der Waals surface area (Å²) in [7, 11) is 4.81. The quantitative estimate of drug-likeness (QED) is 0.139. The number of unbranched alkanes of at least 4 members (excludes halogenated alkanes) is 1. The number of nitrogens with zero attached hydrogens (tertiary/aromatic N) is 4. The Labute approximate surface area is 298 Å². The van der Waals surface area contributed by atoms with Crippen molar-refractivity contribution in [3.8, 4) is 0 Å². The summed E-state index contributed by atoms with van der Waals surface area (Å²) in [5.74, 6) is 1.76. The molecule has 274 valence electrons. The number of amides is 1. The zero-order valence-corrected chi connectivity index (χ0v) is 31.0. The van der Waals surface area contributed by atoms with Gasteiger partial charge in [0, 0.05) is 70.6 Å². The summed E-state index contributed by atoms with van der Waals surface area (Å²) < 4.78 is 26.0. The van der Waals surface area contributed by atoms with E-state index in [0.29, 0.717) is 18.5 Å². The molecule has 2 unspecified atom stereocenters. The monoisotopic (exact) mass is 690 g/mol. The number of carbonyl (C=O) groups excluding carboxylic acids is 1. The molecule has 5 aliphatic heterocycles. The first-order valence-corrected chi connectivity index (χ1v) is 18.7. The lowest BCUT2D eigenvalue weighted by Gasteiger charge is -2.39. The van der Waals surface area contributed by atoms with Crippen molar-refractivity contribution in [3.05, 3.63) is 65.3 Å². The summed E-state index contributed by atoms with van der Waals surface area (Å²) >= 11 is 0. The molecule has 5 heterocycles. The number of rotatable bonds is 9. The highest BCUT2D eigenvalue weighted by atomic mass is 19.1. The first kappa shape index (κ1) is 37.8. The number of ether oxygens (including phenoxy) is 2. The predicted molar refractivity (Wildman–Crippen MR) is 202 cm³/mol. The van der Waals surface area contributed by atoms with Crippen molar-refractivity contribution in [3.63, 3.8) is 0 Å². The van der Waals surface area contributed by atoms with Crippen molar-refractivity contribution in [2.45, 2.75) is 89.3 Å². The lowest BCUT2D eigenvalue weighted by Crippen LogP contribution is -2.54. The zero-order chi connectivity index (χ0) is 35.5. The van der Waals surface area contributed by atoms with Gasteiger partial charge in [-0.05, 0) is 106 Å². The number of amidine groups is 1. The SMILES string of the molecule is CCC/C=C(/N=C(\C1=C(C)CN(c2cccc3cccc(F)c23)CC1)N1CC2CCC(C1)N2)OCC12CCCN1CCC2.CNC=O.COC. The molecule has 0 spiro atoms. The maximum Gasteiger partial charge on any atom is 0.211 e. The maximum absolute atomic E-state index is 15.0. The molecule has 7 rings (SSSR count). The van der Waals surface area contributed by atoms with Crippen LogP contribution in [0, 0.1) is 5.82 Å². The van der Waals surface area contributed by atoms with Crippen LogP contribution in [0.25, 0.3) is 10.8 Å². The van der Waals surface area contributed by atoms with E-state index in [-0.39, 0.29) is 11.4 Å². The highest BCUT2D eigenvalue weighted by Gasteiger charge is 2.45. The average molecular weight is 691 g/mol. The maximum atomic E-state index is 15.0. The van der Waals surface area contributed by atoms with Crippen molar-refractivity contribution in [1.29, 1.82) is 0 Å². The molecule has 0 aromatic heterocycles. The Hall–Kier alpha value is -3.47. The molecule has 2 aromatic carbocycles. The van der Waals surface area contributed by atoms with Gasteiger partial charge in [-0.2, -0.15) is 4.99 Å². The van der Waals surface area contributed by atoms with Gasteiger partial charge in [0.25, 0.3) is 0 Å². The standard InChI is InChI=1S/C36H48FN5O.C2H5NO.C2H6O/c1-3-4-13-33(43-25-36-17-7-19-42(36)20-8-18-36)39-35(41-23-28-14-15-29(24-41)38-28)30-16-21-40(22-26(30)2)32-12-6-10-27-9-5-11-31(37)34(27)32;1-3-2-4;1-3-2/h5-6,9-13,28-29,38H,3-4,7-8,14-25H2,1-2H3;2H,1H3,(H,3,4);1-2H3/b33-13-,39-35+;;. The minimum absolute atomic E-state index is 0.149. The molecule has 1 amide bonds. The molecule has 0 aliphatic carbocycles. The third-order valence-electron chi connectivity index (χ3n) is 10.8. The van der Waals surface area contributed by atoms with E-state index in [1.165, 1.54) is 62.8 Å². The zero-order valence-electron chi connectivity index (χ0n) is 31.0. The smallest absolute Gasteiger partial charge is 0.211 e. The number of nitrogens with one attached hydrogen (secondary N) is 2. The van der Waals surface area contributed by atoms with Gasteiger partial charge >= 0.3 is 0 Å². The fourth-order valence-corrected chi connectivity index (χ4v) is 8.45. The van der Waals surface area contributed by atoms with Crippen LogP contribution in [0.3, 0.4) is 0 Å². The van der Waals surface area contributed by atoms with Crippen LogP contribution >= 0.6 is 0 Å². The van der Waals surface area contributed by atoms with Crippen LogP contribution in [-0.4, -0.2) is 107 Å². The van der Waals surface area contributed by atoms with Gasteiger partial charge in [-0.1, -0.05) is 37.6 Å². The molecule has 0 saturated carbocycles. The molecule has 2 atom stereocenters. The third-order valence-corrected chi connectivity index (χ3v) is 10.8. The van der Waals surface area contributed by atoms with Gasteiger partial charge in [0.15, 0.2) is 0 Å². The number of methoxy groups -OCH3 is 1. The number of hydrogen-bond donors (Lipinski definition) is 2. The summed E-state index contributed by atoms with van der Waals surface area (Å²) in [6.07, 6.45) is 13.3. The molecular formula is C40H59FN6O3. The number of halogens is 1. The minimum atomic E-state index is -0.149. The van der Waals surface area contributed by atoms with Crippen molar-refractivity contribution >= 4 is 28.7 Å². The fourth-order valence-electron chi connectivity index (χ4n) is 8.45. The van der Waals surface area contributed by atoms with Gasteiger partial charge in [-0.25, -0.2) is 4.39 Å². The Balaban J connectivity index is 0.000000640. The Morgan fingerprint density at radius 3 is 2.36 bits per heavy atom. The summed E-state index contributed by atoms with van der Waals surface area (Å²) in [4.78, 5) is 22.1. The number of hydrogen-bond acceptors (Lipinski definition) is 7. The van der Waals surface area contributed by atoms with Crippen molar-refractivity contribution < 1.29 is 18.7 Å².